The zero-order chi connectivity index (χ0) is 23.5. The molecule has 2 rings (SSSR count). The normalized spacial score (nSPS) is 14.7. The standard InChI is InChI=1S/C25H37BN3O3/c1-5-10-21-19-11-8-13-23(32-18-24(30)28(15-6-2)16-7-3)20(19)17-29(21)22(12-9-14-26)25(31)27-4/h8,10-11,13-14,22H,5-7,9,12,15-18H2,1-4H3,(H,27,31)/b21-10+. The first-order valence-corrected chi connectivity index (χ1v) is 11.8. The number of amides is 2. The van der Waals surface area contributed by atoms with Crippen molar-refractivity contribution >= 4 is 31.0 Å². The molecule has 1 atom stereocenters. The molecule has 1 aliphatic heterocycles. The molecule has 6 nitrogen and oxygen atoms in total. The number of carbonyl (C=O) groups is 2. The molecule has 1 unspecified atom stereocenters. The summed E-state index contributed by atoms with van der Waals surface area (Å²) >= 11 is 0. The van der Waals surface area contributed by atoms with E-state index in [9.17, 15) is 9.59 Å². The Labute approximate surface area is 194 Å². The third-order valence-corrected chi connectivity index (χ3v) is 5.67. The molecule has 7 heteroatoms. The van der Waals surface area contributed by atoms with E-state index in [4.69, 9.17) is 12.2 Å². The van der Waals surface area contributed by atoms with E-state index in [-0.39, 0.29) is 24.5 Å². The van der Waals surface area contributed by atoms with Gasteiger partial charge in [-0.25, -0.2) is 0 Å². The van der Waals surface area contributed by atoms with Gasteiger partial charge in [0.05, 0.1) is 0 Å². The van der Waals surface area contributed by atoms with Gasteiger partial charge >= 0.3 is 154 Å². The molecule has 0 fully saturated rings. The van der Waals surface area contributed by atoms with Crippen LogP contribution < -0.4 is 10.1 Å². The summed E-state index contributed by atoms with van der Waals surface area (Å²) in [4.78, 5) is 29.4. The summed E-state index contributed by atoms with van der Waals surface area (Å²) in [5.74, 6) is 2.27. The van der Waals surface area contributed by atoms with Crippen LogP contribution in [0.2, 0.25) is 0 Å². The molecule has 173 valence electrons. The Morgan fingerprint density at radius 3 is 2.56 bits per heavy atom. The van der Waals surface area contributed by atoms with Crippen LogP contribution in [-0.2, 0) is 16.1 Å². The van der Waals surface area contributed by atoms with Crippen LogP contribution in [0.1, 0.15) is 64.0 Å². The van der Waals surface area contributed by atoms with Gasteiger partial charge in [-0.3, -0.25) is 0 Å². The first-order valence-electron chi connectivity index (χ1n) is 11.8. The number of nitrogens with zero attached hydrogens (tertiary/aromatic N) is 2. The van der Waals surface area contributed by atoms with Crippen LogP contribution in [0.3, 0.4) is 0 Å². The maximum atomic E-state index is 12.7. The summed E-state index contributed by atoms with van der Waals surface area (Å²) in [6.07, 6.45) is 6.12. The summed E-state index contributed by atoms with van der Waals surface area (Å²) in [5.41, 5.74) is 3.10. The van der Waals surface area contributed by atoms with Crippen molar-refractivity contribution in [2.45, 2.75) is 65.5 Å². The Morgan fingerprint density at radius 1 is 1.25 bits per heavy atom. The zero-order valence-electron chi connectivity index (χ0n) is 20.0. The van der Waals surface area contributed by atoms with Crippen molar-refractivity contribution in [1.82, 2.24) is 15.1 Å². The fourth-order valence-corrected chi connectivity index (χ4v) is 4.19. The first kappa shape index (κ1) is 25.7. The Bertz CT molecular complexity index is 819. The van der Waals surface area contributed by atoms with E-state index in [1.165, 1.54) is 0 Å². The second-order valence-electron chi connectivity index (χ2n) is 8.02. The average molecular weight is 438 g/mol. The van der Waals surface area contributed by atoms with Gasteiger partial charge in [0.25, 0.3) is 0 Å². The zero-order valence-corrected chi connectivity index (χ0v) is 20.0. The SMILES string of the molecule is [B]=CCCC(C(=O)NC)N1Cc2c(OCC(=O)N(CCC)CCC)cccc2/C1=C\CC. The Hall–Kier alpha value is -2.57. The molecule has 0 saturated carbocycles. The van der Waals surface area contributed by atoms with Gasteiger partial charge in [-0.15, -0.1) is 0 Å². The first-order chi connectivity index (χ1) is 15.5. The Morgan fingerprint density at radius 2 is 1.97 bits per heavy atom. The Kier molecular flexibility index (Phi) is 10.5. The van der Waals surface area contributed by atoms with Crippen LogP contribution in [0, 0.1) is 0 Å². The van der Waals surface area contributed by atoms with Crippen molar-refractivity contribution in [2.75, 3.05) is 26.7 Å². The molecular weight excluding hydrogens is 401 g/mol. The predicted octanol–water partition coefficient (Wildman–Crippen LogP) is 3.15. The van der Waals surface area contributed by atoms with Crippen LogP contribution in [0.25, 0.3) is 5.70 Å². The monoisotopic (exact) mass is 438 g/mol. The van der Waals surface area contributed by atoms with E-state index >= 15 is 0 Å². The van der Waals surface area contributed by atoms with Crippen molar-refractivity contribution in [2.24, 2.45) is 0 Å². The molecule has 1 radical (unpaired) electrons. The third kappa shape index (κ3) is 6.24. The van der Waals surface area contributed by atoms with Gasteiger partial charge in [-0.05, 0) is 12.8 Å². The van der Waals surface area contributed by atoms with E-state index in [2.05, 4.69) is 43.1 Å². The van der Waals surface area contributed by atoms with Crippen LogP contribution in [0.15, 0.2) is 24.3 Å². The van der Waals surface area contributed by atoms with Crippen LogP contribution >= 0.6 is 0 Å². The molecule has 1 aliphatic rings. The number of rotatable bonds is 13. The average Bonchev–Trinajstić information content (AvgIpc) is 3.16. The van der Waals surface area contributed by atoms with Crippen molar-refractivity contribution in [3.63, 3.8) is 0 Å². The van der Waals surface area contributed by atoms with E-state index < -0.39 is 0 Å². The van der Waals surface area contributed by atoms with E-state index in [0.29, 0.717) is 25.1 Å². The quantitative estimate of drug-likeness (QED) is 0.481. The molecule has 1 aromatic carbocycles. The number of allylic oxidation sites excluding steroid dienone is 1. The summed E-state index contributed by atoms with van der Waals surface area (Å²) in [5, 5.41) is 2.79. The summed E-state index contributed by atoms with van der Waals surface area (Å²) in [6.45, 7) is 8.29. The molecule has 2 amide bonds. The minimum absolute atomic E-state index is 0.00667. The molecule has 0 aliphatic carbocycles. The van der Waals surface area contributed by atoms with Crippen LogP contribution in [0.5, 0.6) is 5.75 Å². The molecule has 0 spiro atoms. The van der Waals surface area contributed by atoms with Crippen LogP contribution in [0.4, 0.5) is 0 Å². The number of carbonyl (C=O) groups excluding carboxylic acids is 2. The van der Waals surface area contributed by atoms with Gasteiger partial charge in [0.2, 0.25) is 0 Å². The molecule has 0 saturated heterocycles. The molecule has 1 aromatic rings. The second-order valence-corrected chi connectivity index (χ2v) is 8.02. The molecule has 1 heterocycles. The molecule has 0 bridgehead atoms. The molecular formula is C25H37BN3O3. The minimum atomic E-state index is -0.330. The number of benzene rings is 1. The maximum absolute atomic E-state index is 12.7. The second kappa shape index (κ2) is 13.1. The van der Waals surface area contributed by atoms with Gasteiger partial charge in [0, 0.05) is 13.1 Å². The summed E-state index contributed by atoms with van der Waals surface area (Å²) < 4.78 is 6.03. The van der Waals surface area contributed by atoms with Crippen molar-refractivity contribution in [3.05, 3.63) is 35.4 Å². The number of nitrogens with one attached hydrogen (secondary N) is 1. The molecule has 32 heavy (non-hydrogen) atoms. The number of likely N-dealkylation sites (N-methyl/N-ethyl adjacent to an activating group) is 1. The van der Waals surface area contributed by atoms with Gasteiger partial charge in [0.15, 0.2) is 0 Å². The molecule has 1 N–H and O–H groups in total. The number of ether oxygens (including phenoxy) is 1. The third-order valence-electron chi connectivity index (χ3n) is 5.67. The van der Waals surface area contributed by atoms with E-state index in [1.54, 1.807) is 13.0 Å². The number of hydrogen-bond acceptors (Lipinski definition) is 4. The number of fused-ring (bicyclic) bond motifs is 1. The Balaban J connectivity index is 2.28. The van der Waals surface area contributed by atoms with Gasteiger partial charge in [-0.2, -0.15) is 0 Å². The van der Waals surface area contributed by atoms with Crippen molar-refractivity contribution < 1.29 is 14.3 Å². The van der Waals surface area contributed by atoms with Gasteiger partial charge in [0.1, 0.15) is 0 Å². The van der Waals surface area contributed by atoms with Crippen molar-refractivity contribution in [1.29, 1.82) is 0 Å². The molecule has 0 aromatic heterocycles. The topological polar surface area (TPSA) is 61.9 Å². The number of hydrogen-bond donors (Lipinski definition) is 1. The fraction of sp³-hybridized carbons (Fsp3) is 0.560. The van der Waals surface area contributed by atoms with E-state index in [0.717, 1.165) is 49.2 Å². The van der Waals surface area contributed by atoms with Gasteiger partial charge < -0.3 is 0 Å². The van der Waals surface area contributed by atoms with E-state index in [1.807, 2.05) is 17.0 Å². The predicted molar refractivity (Wildman–Crippen MR) is 132 cm³/mol. The summed E-state index contributed by atoms with van der Waals surface area (Å²) in [6, 6.07) is 5.58. The fourth-order valence-electron chi connectivity index (χ4n) is 4.19. The van der Waals surface area contributed by atoms with Crippen molar-refractivity contribution in [3.8, 4) is 5.75 Å². The summed E-state index contributed by atoms with van der Waals surface area (Å²) in [7, 11) is 7.27. The van der Waals surface area contributed by atoms with Gasteiger partial charge in [-0.1, -0.05) is 13.8 Å². The van der Waals surface area contributed by atoms with Crippen LogP contribution in [-0.4, -0.2) is 67.9 Å².